The van der Waals surface area contributed by atoms with Gasteiger partial charge < -0.3 is 17.2 Å². The van der Waals surface area contributed by atoms with E-state index < -0.39 is 0 Å². The zero-order chi connectivity index (χ0) is 16.2. The van der Waals surface area contributed by atoms with Gasteiger partial charge in [0.05, 0.1) is 0 Å². The zero-order valence-corrected chi connectivity index (χ0v) is 13.0. The molecule has 0 fully saturated rings. The molecule has 3 aromatic rings. The number of hydrogen-bond acceptors (Lipinski definition) is 3. The molecular weight excluding hydrogens is 282 g/mol. The minimum atomic E-state index is 0.777. The van der Waals surface area contributed by atoms with Crippen LogP contribution in [0.4, 0.5) is 17.1 Å². The van der Waals surface area contributed by atoms with Crippen molar-refractivity contribution in [3.05, 3.63) is 89.0 Å². The Hall–Kier alpha value is -2.94. The van der Waals surface area contributed by atoms with Crippen molar-refractivity contribution in [2.24, 2.45) is 0 Å². The third-order valence-electron chi connectivity index (χ3n) is 3.92. The summed E-state index contributed by atoms with van der Waals surface area (Å²) < 4.78 is 0. The largest absolute Gasteiger partial charge is 0.399 e. The monoisotopic (exact) mass is 303 g/mol. The smallest absolute Gasteiger partial charge is 0.0352 e. The fourth-order valence-electron chi connectivity index (χ4n) is 2.78. The molecule has 0 aromatic heterocycles. The molecule has 116 valence electrons. The number of nitrogen functional groups attached to an aromatic ring is 3. The molecule has 0 amide bonds. The predicted octanol–water partition coefficient (Wildman–Crippen LogP) is 3.61. The van der Waals surface area contributed by atoms with Crippen LogP contribution < -0.4 is 17.2 Å². The van der Waals surface area contributed by atoms with Gasteiger partial charge in [-0.1, -0.05) is 36.4 Å². The first-order valence-electron chi connectivity index (χ1n) is 7.66. The van der Waals surface area contributed by atoms with Crippen LogP contribution in [0.15, 0.2) is 66.7 Å². The van der Waals surface area contributed by atoms with Crippen molar-refractivity contribution in [1.29, 1.82) is 0 Å². The molecule has 0 aliphatic rings. The summed E-state index contributed by atoms with van der Waals surface area (Å²) in [5.74, 6) is 0. The van der Waals surface area contributed by atoms with E-state index in [1.165, 1.54) is 16.7 Å². The van der Waals surface area contributed by atoms with Gasteiger partial charge in [-0.2, -0.15) is 0 Å². The van der Waals surface area contributed by atoms with Gasteiger partial charge in [0.1, 0.15) is 0 Å². The molecule has 0 bridgehead atoms. The predicted molar refractivity (Wildman–Crippen MR) is 98.2 cm³/mol. The molecular formula is C20H21N3. The van der Waals surface area contributed by atoms with Crippen molar-refractivity contribution < 1.29 is 0 Å². The van der Waals surface area contributed by atoms with E-state index in [1.54, 1.807) is 0 Å². The van der Waals surface area contributed by atoms with Gasteiger partial charge in [-0.25, -0.2) is 0 Å². The molecule has 0 saturated heterocycles. The van der Waals surface area contributed by atoms with Gasteiger partial charge in [-0.15, -0.1) is 0 Å². The van der Waals surface area contributed by atoms with Crippen LogP contribution >= 0.6 is 0 Å². The number of anilines is 3. The summed E-state index contributed by atoms with van der Waals surface area (Å²) >= 11 is 0. The highest BCUT2D eigenvalue weighted by atomic mass is 14.6. The summed E-state index contributed by atoms with van der Waals surface area (Å²) in [6.45, 7) is 0. The van der Waals surface area contributed by atoms with Gasteiger partial charge in [0.25, 0.3) is 0 Å². The second kappa shape index (κ2) is 6.44. The normalized spacial score (nSPS) is 10.6. The molecule has 3 aromatic carbocycles. The highest BCUT2D eigenvalue weighted by molar-refractivity contribution is 5.53. The minimum absolute atomic E-state index is 0.777. The van der Waals surface area contributed by atoms with Gasteiger partial charge in [-0.05, 0) is 65.4 Å². The Morgan fingerprint density at radius 1 is 0.565 bits per heavy atom. The zero-order valence-electron chi connectivity index (χ0n) is 13.0. The van der Waals surface area contributed by atoms with Gasteiger partial charge in [0.15, 0.2) is 0 Å². The fraction of sp³-hybridized carbons (Fsp3) is 0.100. The summed E-state index contributed by atoms with van der Waals surface area (Å²) in [6.07, 6.45) is 1.61. The molecule has 0 unspecified atom stereocenters. The molecule has 0 saturated carbocycles. The highest BCUT2D eigenvalue weighted by Gasteiger charge is 2.04. The molecule has 0 atom stereocenters. The van der Waals surface area contributed by atoms with E-state index in [2.05, 4.69) is 24.3 Å². The first-order chi connectivity index (χ1) is 11.1. The van der Waals surface area contributed by atoms with Crippen molar-refractivity contribution in [2.75, 3.05) is 17.2 Å². The van der Waals surface area contributed by atoms with E-state index >= 15 is 0 Å². The fourth-order valence-corrected chi connectivity index (χ4v) is 2.78. The Morgan fingerprint density at radius 3 is 1.70 bits per heavy atom. The van der Waals surface area contributed by atoms with Crippen molar-refractivity contribution in [1.82, 2.24) is 0 Å². The third-order valence-corrected chi connectivity index (χ3v) is 3.92. The topological polar surface area (TPSA) is 78.1 Å². The second-order valence-electron chi connectivity index (χ2n) is 5.88. The Morgan fingerprint density at radius 2 is 1.13 bits per heavy atom. The number of hydrogen-bond donors (Lipinski definition) is 3. The van der Waals surface area contributed by atoms with E-state index in [0.717, 1.165) is 35.5 Å². The van der Waals surface area contributed by atoms with Crippen LogP contribution in [0, 0.1) is 0 Å². The average molecular weight is 303 g/mol. The summed E-state index contributed by atoms with van der Waals surface area (Å²) in [7, 11) is 0. The maximum absolute atomic E-state index is 6.23. The van der Waals surface area contributed by atoms with Crippen LogP contribution in [-0.4, -0.2) is 0 Å². The van der Waals surface area contributed by atoms with E-state index in [1.807, 2.05) is 42.5 Å². The van der Waals surface area contributed by atoms with Crippen LogP contribution in [0.5, 0.6) is 0 Å². The lowest BCUT2D eigenvalue weighted by atomic mass is 9.98. The van der Waals surface area contributed by atoms with Gasteiger partial charge in [0, 0.05) is 17.1 Å². The van der Waals surface area contributed by atoms with Crippen molar-refractivity contribution in [3.8, 4) is 0 Å². The van der Waals surface area contributed by atoms with Crippen molar-refractivity contribution in [3.63, 3.8) is 0 Å². The molecule has 3 heteroatoms. The standard InChI is InChI=1S/C20H21N3/c21-18-5-1-3-14(11-18)9-16-7-8-17(20(23)13-16)10-15-4-2-6-19(22)12-15/h1-8,11-13H,9-10,21-23H2. The number of rotatable bonds is 4. The van der Waals surface area contributed by atoms with Crippen LogP contribution in [0.25, 0.3) is 0 Å². The second-order valence-corrected chi connectivity index (χ2v) is 5.88. The Kier molecular flexibility index (Phi) is 4.20. The molecule has 0 spiro atoms. The van der Waals surface area contributed by atoms with E-state index in [4.69, 9.17) is 17.2 Å². The van der Waals surface area contributed by atoms with Gasteiger partial charge in [-0.3, -0.25) is 0 Å². The van der Waals surface area contributed by atoms with E-state index in [0.29, 0.717) is 0 Å². The molecule has 0 aliphatic heterocycles. The van der Waals surface area contributed by atoms with Gasteiger partial charge in [0.2, 0.25) is 0 Å². The molecule has 23 heavy (non-hydrogen) atoms. The van der Waals surface area contributed by atoms with Crippen LogP contribution in [0.3, 0.4) is 0 Å². The summed E-state index contributed by atoms with van der Waals surface area (Å²) in [6, 6.07) is 22.1. The van der Waals surface area contributed by atoms with Crippen molar-refractivity contribution in [2.45, 2.75) is 12.8 Å². The SMILES string of the molecule is Nc1cccc(Cc2ccc(Cc3cccc(N)c3)c(N)c2)c1. The molecule has 0 radical (unpaired) electrons. The Labute approximate surface area is 136 Å². The van der Waals surface area contributed by atoms with Crippen LogP contribution in [0.1, 0.15) is 22.3 Å². The first kappa shape index (κ1) is 15.0. The van der Waals surface area contributed by atoms with E-state index in [-0.39, 0.29) is 0 Å². The van der Waals surface area contributed by atoms with E-state index in [9.17, 15) is 0 Å². The molecule has 3 nitrogen and oxygen atoms in total. The van der Waals surface area contributed by atoms with Crippen molar-refractivity contribution >= 4 is 17.1 Å². The molecule has 3 rings (SSSR count). The summed E-state index contributed by atoms with van der Waals surface area (Å²) in [5, 5.41) is 0. The summed E-state index contributed by atoms with van der Waals surface area (Å²) in [5.41, 5.74) is 24.9. The lowest BCUT2D eigenvalue weighted by Crippen LogP contribution is -1.99. The number of nitrogens with two attached hydrogens (primary N) is 3. The maximum Gasteiger partial charge on any atom is 0.0352 e. The molecule has 6 N–H and O–H groups in total. The Bertz CT molecular complexity index is 825. The minimum Gasteiger partial charge on any atom is -0.399 e. The lowest BCUT2D eigenvalue weighted by Gasteiger charge is -2.10. The Balaban J connectivity index is 1.78. The maximum atomic E-state index is 6.23. The van der Waals surface area contributed by atoms with Crippen LogP contribution in [-0.2, 0) is 12.8 Å². The molecule has 0 aliphatic carbocycles. The highest BCUT2D eigenvalue weighted by Crippen LogP contribution is 2.21. The quantitative estimate of drug-likeness (QED) is 0.644. The van der Waals surface area contributed by atoms with Crippen LogP contribution in [0.2, 0.25) is 0 Å². The molecule has 0 heterocycles. The third kappa shape index (κ3) is 3.83. The lowest BCUT2D eigenvalue weighted by molar-refractivity contribution is 1.16. The average Bonchev–Trinajstić information content (AvgIpc) is 2.50. The first-order valence-corrected chi connectivity index (χ1v) is 7.66. The van der Waals surface area contributed by atoms with Gasteiger partial charge >= 0.3 is 0 Å². The summed E-state index contributed by atoms with van der Waals surface area (Å²) in [4.78, 5) is 0. The number of benzene rings is 3.